The van der Waals surface area contributed by atoms with Crippen LogP contribution in [0.3, 0.4) is 0 Å². The average Bonchev–Trinajstić information content (AvgIpc) is 2.70. The van der Waals surface area contributed by atoms with Gasteiger partial charge in [0, 0.05) is 6.54 Å². The second kappa shape index (κ2) is 6.06. The van der Waals surface area contributed by atoms with E-state index in [0.29, 0.717) is 19.5 Å². The zero-order valence-electron chi connectivity index (χ0n) is 9.77. The summed E-state index contributed by atoms with van der Waals surface area (Å²) in [6.45, 7) is 4.64. The van der Waals surface area contributed by atoms with Crippen LogP contribution in [0.25, 0.3) is 0 Å². The van der Waals surface area contributed by atoms with Gasteiger partial charge in [0.15, 0.2) is 9.84 Å². The van der Waals surface area contributed by atoms with E-state index in [1.54, 1.807) is 13.2 Å². The second-order valence-corrected chi connectivity index (χ2v) is 6.43. The van der Waals surface area contributed by atoms with Crippen LogP contribution in [0.2, 0.25) is 0 Å². The highest BCUT2D eigenvalue weighted by Crippen LogP contribution is 2.04. The minimum atomic E-state index is -2.94. The van der Waals surface area contributed by atoms with Crippen LogP contribution in [0.5, 0.6) is 0 Å². The molecule has 0 bridgehead atoms. The molecule has 0 saturated carbocycles. The molecule has 0 amide bonds. The van der Waals surface area contributed by atoms with Gasteiger partial charge in [-0.15, -0.1) is 0 Å². The molecule has 1 unspecified atom stereocenters. The van der Waals surface area contributed by atoms with Crippen molar-refractivity contribution in [1.82, 2.24) is 5.32 Å². The van der Waals surface area contributed by atoms with Crippen molar-refractivity contribution in [1.29, 1.82) is 0 Å². The van der Waals surface area contributed by atoms with Gasteiger partial charge >= 0.3 is 0 Å². The van der Waals surface area contributed by atoms with Crippen LogP contribution < -0.4 is 5.32 Å². The Morgan fingerprint density at radius 2 is 2.25 bits per heavy atom. The van der Waals surface area contributed by atoms with Gasteiger partial charge in [-0.3, -0.25) is 0 Å². The van der Waals surface area contributed by atoms with E-state index < -0.39 is 9.84 Å². The summed E-state index contributed by atoms with van der Waals surface area (Å²) in [4.78, 5) is 0. The van der Waals surface area contributed by atoms with Crippen molar-refractivity contribution in [2.45, 2.75) is 32.1 Å². The maximum Gasteiger partial charge on any atom is 0.154 e. The van der Waals surface area contributed by atoms with E-state index in [-0.39, 0.29) is 11.0 Å². The third kappa shape index (κ3) is 3.98. The molecule has 1 heterocycles. The number of nitrogens with one attached hydrogen (secondary N) is 1. The predicted molar refractivity (Wildman–Crippen MR) is 64.0 cm³/mol. The number of rotatable bonds is 7. The molecule has 5 heteroatoms. The number of furan rings is 1. The first-order valence-electron chi connectivity index (χ1n) is 5.51. The first kappa shape index (κ1) is 13.3. The fourth-order valence-corrected chi connectivity index (χ4v) is 2.77. The van der Waals surface area contributed by atoms with Crippen molar-refractivity contribution < 1.29 is 12.8 Å². The molecule has 0 aromatic carbocycles. The van der Waals surface area contributed by atoms with E-state index in [1.165, 1.54) is 0 Å². The Morgan fingerprint density at radius 3 is 2.81 bits per heavy atom. The lowest BCUT2D eigenvalue weighted by Gasteiger charge is -2.12. The molecule has 16 heavy (non-hydrogen) atoms. The van der Waals surface area contributed by atoms with Gasteiger partial charge in [-0.05, 0) is 25.5 Å². The predicted octanol–water partition coefficient (Wildman–Crippen LogP) is 1.58. The summed E-state index contributed by atoms with van der Waals surface area (Å²) in [5.41, 5.74) is 0. The molecule has 0 aliphatic carbocycles. The van der Waals surface area contributed by atoms with Crippen LogP contribution in [0.15, 0.2) is 22.8 Å². The highest BCUT2D eigenvalue weighted by molar-refractivity contribution is 7.92. The van der Waals surface area contributed by atoms with E-state index in [0.717, 1.165) is 5.76 Å². The summed E-state index contributed by atoms with van der Waals surface area (Å²) in [5, 5.41) is 2.73. The van der Waals surface area contributed by atoms with Crippen molar-refractivity contribution in [3.8, 4) is 0 Å². The smallest absolute Gasteiger partial charge is 0.154 e. The van der Waals surface area contributed by atoms with Gasteiger partial charge in [-0.1, -0.05) is 6.92 Å². The van der Waals surface area contributed by atoms with Gasteiger partial charge < -0.3 is 9.73 Å². The lowest BCUT2D eigenvalue weighted by molar-refractivity contribution is 0.481. The zero-order valence-corrected chi connectivity index (χ0v) is 10.6. The lowest BCUT2D eigenvalue weighted by Crippen LogP contribution is -2.32. The average molecular weight is 245 g/mol. The summed E-state index contributed by atoms with van der Waals surface area (Å²) in [7, 11) is -2.94. The molecule has 1 atom stereocenters. The van der Waals surface area contributed by atoms with Crippen molar-refractivity contribution in [3.05, 3.63) is 24.2 Å². The molecule has 0 spiro atoms. The monoisotopic (exact) mass is 245 g/mol. The number of hydrogen-bond acceptors (Lipinski definition) is 4. The molecule has 0 saturated heterocycles. The van der Waals surface area contributed by atoms with Crippen LogP contribution in [-0.4, -0.2) is 26.0 Å². The SMILES string of the molecule is CCCS(=O)(=O)C(C)CNCc1ccco1. The van der Waals surface area contributed by atoms with Crippen LogP contribution >= 0.6 is 0 Å². The molecule has 4 nitrogen and oxygen atoms in total. The fraction of sp³-hybridized carbons (Fsp3) is 0.636. The highest BCUT2D eigenvalue weighted by atomic mass is 32.2. The summed E-state index contributed by atoms with van der Waals surface area (Å²) in [5.74, 6) is 1.08. The maximum atomic E-state index is 11.7. The minimum absolute atomic E-state index is 0.261. The Kier molecular flexibility index (Phi) is 5.02. The fourth-order valence-electron chi connectivity index (χ4n) is 1.42. The van der Waals surface area contributed by atoms with E-state index in [1.807, 2.05) is 19.1 Å². The Bertz CT molecular complexity index is 383. The molecule has 1 N–H and O–H groups in total. The van der Waals surface area contributed by atoms with E-state index in [4.69, 9.17) is 4.42 Å². The van der Waals surface area contributed by atoms with Crippen molar-refractivity contribution in [2.75, 3.05) is 12.3 Å². The molecule has 0 aliphatic rings. The Labute approximate surface area is 97.0 Å². The van der Waals surface area contributed by atoms with E-state index >= 15 is 0 Å². The van der Waals surface area contributed by atoms with Crippen LogP contribution in [0.1, 0.15) is 26.0 Å². The van der Waals surface area contributed by atoms with Gasteiger partial charge in [0.2, 0.25) is 0 Å². The summed E-state index contributed by atoms with van der Waals surface area (Å²) in [6, 6.07) is 3.67. The molecule has 92 valence electrons. The third-order valence-corrected chi connectivity index (χ3v) is 4.78. The van der Waals surface area contributed by atoms with Gasteiger partial charge in [-0.2, -0.15) is 0 Å². The van der Waals surface area contributed by atoms with Crippen molar-refractivity contribution in [3.63, 3.8) is 0 Å². The Balaban J connectivity index is 2.32. The quantitative estimate of drug-likeness (QED) is 0.792. The van der Waals surface area contributed by atoms with Gasteiger partial charge in [-0.25, -0.2) is 8.42 Å². The zero-order chi connectivity index (χ0) is 12.0. The molecule has 0 radical (unpaired) electrons. The molecule has 1 aromatic heterocycles. The molecule has 0 fully saturated rings. The molecule has 1 aromatic rings. The van der Waals surface area contributed by atoms with Crippen LogP contribution in [0, 0.1) is 0 Å². The van der Waals surface area contributed by atoms with Crippen LogP contribution in [0.4, 0.5) is 0 Å². The van der Waals surface area contributed by atoms with Gasteiger partial charge in [0.25, 0.3) is 0 Å². The summed E-state index contributed by atoms with van der Waals surface area (Å²) in [6.07, 6.45) is 2.28. The first-order valence-corrected chi connectivity index (χ1v) is 7.22. The standard InChI is InChI=1S/C11H19NO3S/c1-3-7-16(13,14)10(2)8-12-9-11-5-4-6-15-11/h4-6,10,12H,3,7-9H2,1-2H3. The van der Waals surface area contributed by atoms with Crippen molar-refractivity contribution >= 4 is 9.84 Å². The second-order valence-electron chi connectivity index (χ2n) is 3.89. The lowest BCUT2D eigenvalue weighted by atomic mass is 10.4. The number of hydrogen-bond donors (Lipinski definition) is 1. The molecular weight excluding hydrogens is 226 g/mol. The number of sulfone groups is 1. The Morgan fingerprint density at radius 1 is 1.50 bits per heavy atom. The van der Waals surface area contributed by atoms with Gasteiger partial charge in [0.05, 0.1) is 23.8 Å². The molecule has 1 rings (SSSR count). The van der Waals surface area contributed by atoms with Gasteiger partial charge in [0.1, 0.15) is 5.76 Å². The summed E-state index contributed by atoms with van der Waals surface area (Å²) >= 11 is 0. The van der Waals surface area contributed by atoms with Crippen molar-refractivity contribution in [2.24, 2.45) is 0 Å². The maximum absolute atomic E-state index is 11.7. The van der Waals surface area contributed by atoms with E-state index in [9.17, 15) is 8.42 Å². The van der Waals surface area contributed by atoms with Crippen LogP contribution in [-0.2, 0) is 16.4 Å². The minimum Gasteiger partial charge on any atom is -0.468 e. The third-order valence-electron chi connectivity index (χ3n) is 2.41. The molecule has 0 aliphatic heterocycles. The summed E-state index contributed by atoms with van der Waals surface area (Å²) < 4.78 is 28.5. The largest absolute Gasteiger partial charge is 0.468 e. The normalized spacial score (nSPS) is 13.9. The molecular formula is C11H19NO3S. The Hall–Kier alpha value is -0.810. The topological polar surface area (TPSA) is 59.3 Å². The van der Waals surface area contributed by atoms with E-state index in [2.05, 4.69) is 5.32 Å². The first-order chi connectivity index (χ1) is 7.56. The highest BCUT2D eigenvalue weighted by Gasteiger charge is 2.18.